The van der Waals surface area contributed by atoms with Crippen LogP contribution in [0.2, 0.25) is 0 Å². The van der Waals surface area contributed by atoms with Crippen LogP contribution >= 0.6 is 11.3 Å². The number of hydrogen-bond donors (Lipinski definition) is 1. The van der Waals surface area contributed by atoms with E-state index in [-0.39, 0.29) is 0 Å². The van der Waals surface area contributed by atoms with Gasteiger partial charge in [-0.25, -0.2) is 9.97 Å². The van der Waals surface area contributed by atoms with Gasteiger partial charge in [0.15, 0.2) is 0 Å². The van der Waals surface area contributed by atoms with E-state index in [1.54, 1.807) is 17.7 Å². The van der Waals surface area contributed by atoms with Crippen molar-refractivity contribution in [2.75, 3.05) is 13.2 Å². The van der Waals surface area contributed by atoms with Crippen molar-refractivity contribution in [3.05, 3.63) is 17.3 Å². The summed E-state index contributed by atoms with van der Waals surface area (Å²) in [7, 11) is 0. The van der Waals surface area contributed by atoms with Gasteiger partial charge in [0.25, 0.3) is 0 Å². The van der Waals surface area contributed by atoms with Crippen LogP contribution in [0.1, 0.15) is 25.1 Å². The first-order valence-electron chi connectivity index (χ1n) is 6.24. The molecule has 0 aliphatic carbocycles. The van der Waals surface area contributed by atoms with Gasteiger partial charge in [-0.1, -0.05) is 13.8 Å². The van der Waals surface area contributed by atoms with E-state index < -0.39 is 0 Å². The molecular formula is C13H19N3OS. The van der Waals surface area contributed by atoms with Gasteiger partial charge in [-0.2, -0.15) is 0 Å². The van der Waals surface area contributed by atoms with Crippen LogP contribution in [0.15, 0.2) is 12.4 Å². The van der Waals surface area contributed by atoms with Crippen LogP contribution in [0.3, 0.4) is 0 Å². The lowest BCUT2D eigenvalue weighted by Gasteiger charge is -2.08. The molecule has 2 heterocycles. The zero-order chi connectivity index (χ0) is 13.0. The Balaban J connectivity index is 1.91. The fourth-order valence-corrected chi connectivity index (χ4v) is 2.54. The Morgan fingerprint density at radius 2 is 2.22 bits per heavy atom. The summed E-state index contributed by atoms with van der Waals surface area (Å²) in [6.07, 6.45) is 2.55. The van der Waals surface area contributed by atoms with Crippen molar-refractivity contribution in [1.82, 2.24) is 15.3 Å². The minimum Gasteiger partial charge on any atom is -0.477 e. The molecular weight excluding hydrogens is 246 g/mol. The molecule has 0 aromatic carbocycles. The minimum absolute atomic E-state index is 0.523. The van der Waals surface area contributed by atoms with Crippen molar-refractivity contribution in [3.63, 3.8) is 0 Å². The lowest BCUT2D eigenvalue weighted by atomic mass is 10.3. The van der Waals surface area contributed by atoms with Gasteiger partial charge in [0, 0.05) is 10.9 Å². The SMILES string of the molecule is Cc1cc2c(OCCCNC(C)C)ncnc2s1. The highest BCUT2D eigenvalue weighted by molar-refractivity contribution is 7.18. The first kappa shape index (κ1) is 13.2. The maximum atomic E-state index is 5.73. The van der Waals surface area contributed by atoms with Crippen LogP contribution in [0.4, 0.5) is 0 Å². The minimum atomic E-state index is 0.523. The smallest absolute Gasteiger partial charge is 0.225 e. The average Bonchev–Trinajstić information content (AvgIpc) is 2.69. The summed E-state index contributed by atoms with van der Waals surface area (Å²) in [6, 6.07) is 2.61. The van der Waals surface area contributed by atoms with E-state index in [0.29, 0.717) is 18.5 Å². The molecule has 0 aliphatic rings. The Kier molecular flexibility index (Phi) is 4.49. The molecule has 98 valence electrons. The maximum absolute atomic E-state index is 5.73. The second-order valence-corrected chi connectivity index (χ2v) is 5.80. The van der Waals surface area contributed by atoms with Gasteiger partial charge in [0.1, 0.15) is 11.2 Å². The molecule has 5 heteroatoms. The Labute approximate surface area is 111 Å². The van der Waals surface area contributed by atoms with Gasteiger partial charge in [0.05, 0.1) is 12.0 Å². The Bertz CT molecular complexity index is 510. The summed E-state index contributed by atoms with van der Waals surface area (Å²) in [4.78, 5) is 10.7. The zero-order valence-electron chi connectivity index (χ0n) is 11.1. The fourth-order valence-electron chi connectivity index (χ4n) is 1.70. The third-order valence-corrected chi connectivity index (χ3v) is 3.49. The second-order valence-electron chi connectivity index (χ2n) is 4.57. The molecule has 0 amide bonds. The van der Waals surface area contributed by atoms with Crippen LogP contribution in [-0.2, 0) is 0 Å². The van der Waals surface area contributed by atoms with Gasteiger partial charge in [0.2, 0.25) is 5.88 Å². The van der Waals surface area contributed by atoms with E-state index in [9.17, 15) is 0 Å². The van der Waals surface area contributed by atoms with Crippen LogP contribution in [0.25, 0.3) is 10.2 Å². The lowest BCUT2D eigenvalue weighted by Crippen LogP contribution is -2.24. The Hall–Kier alpha value is -1.20. The molecule has 0 bridgehead atoms. The summed E-state index contributed by atoms with van der Waals surface area (Å²) in [6.45, 7) is 8.00. The van der Waals surface area contributed by atoms with Gasteiger partial charge >= 0.3 is 0 Å². The van der Waals surface area contributed by atoms with E-state index in [0.717, 1.165) is 23.2 Å². The first-order valence-corrected chi connectivity index (χ1v) is 7.06. The van der Waals surface area contributed by atoms with Crippen molar-refractivity contribution in [2.45, 2.75) is 33.2 Å². The molecule has 0 aliphatic heterocycles. The average molecular weight is 265 g/mol. The normalized spacial score (nSPS) is 11.3. The summed E-state index contributed by atoms with van der Waals surface area (Å²) >= 11 is 1.67. The molecule has 0 unspecified atom stereocenters. The van der Waals surface area contributed by atoms with E-state index in [4.69, 9.17) is 4.74 Å². The topological polar surface area (TPSA) is 47.0 Å². The van der Waals surface area contributed by atoms with E-state index >= 15 is 0 Å². The molecule has 0 fully saturated rings. The molecule has 4 nitrogen and oxygen atoms in total. The lowest BCUT2D eigenvalue weighted by molar-refractivity contribution is 0.298. The highest BCUT2D eigenvalue weighted by atomic mass is 32.1. The molecule has 18 heavy (non-hydrogen) atoms. The largest absolute Gasteiger partial charge is 0.477 e. The number of fused-ring (bicyclic) bond motifs is 1. The third kappa shape index (κ3) is 3.40. The summed E-state index contributed by atoms with van der Waals surface area (Å²) < 4.78 is 5.73. The third-order valence-electron chi connectivity index (χ3n) is 2.53. The molecule has 2 aromatic heterocycles. The highest BCUT2D eigenvalue weighted by Crippen LogP contribution is 2.28. The maximum Gasteiger partial charge on any atom is 0.225 e. The van der Waals surface area contributed by atoms with Crippen molar-refractivity contribution in [2.24, 2.45) is 0 Å². The zero-order valence-corrected chi connectivity index (χ0v) is 11.9. The van der Waals surface area contributed by atoms with Crippen LogP contribution in [-0.4, -0.2) is 29.2 Å². The molecule has 0 spiro atoms. The second kappa shape index (κ2) is 6.11. The number of hydrogen-bond acceptors (Lipinski definition) is 5. The van der Waals surface area contributed by atoms with E-state index in [2.05, 4.69) is 42.1 Å². The van der Waals surface area contributed by atoms with Crippen LogP contribution in [0.5, 0.6) is 5.88 Å². The molecule has 0 radical (unpaired) electrons. The Morgan fingerprint density at radius 3 is 3.00 bits per heavy atom. The van der Waals surface area contributed by atoms with Crippen molar-refractivity contribution < 1.29 is 4.74 Å². The van der Waals surface area contributed by atoms with Gasteiger partial charge < -0.3 is 10.1 Å². The Morgan fingerprint density at radius 1 is 1.39 bits per heavy atom. The molecule has 2 aromatic rings. The summed E-state index contributed by atoms with van der Waals surface area (Å²) in [5, 5.41) is 4.39. The van der Waals surface area contributed by atoms with Gasteiger partial charge in [-0.3, -0.25) is 0 Å². The van der Waals surface area contributed by atoms with Gasteiger partial charge in [-0.15, -0.1) is 11.3 Å². The summed E-state index contributed by atoms with van der Waals surface area (Å²) in [5.74, 6) is 0.703. The number of nitrogens with zero attached hydrogens (tertiary/aromatic N) is 2. The van der Waals surface area contributed by atoms with E-state index in [1.807, 2.05) is 0 Å². The highest BCUT2D eigenvalue weighted by Gasteiger charge is 2.07. The standard InChI is InChI=1S/C13H19N3OS/c1-9(2)14-5-4-6-17-12-11-7-10(3)18-13(11)16-8-15-12/h7-9,14H,4-6H2,1-3H3. The fraction of sp³-hybridized carbons (Fsp3) is 0.538. The number of aromatic nitrogens is 2. The van der Waals surface area contributed by atoms with Crippen LogP contribution in [0, 0.1) is 6.92 Å². The number of thiophene rings is 1. The molecule has 1 N–H and O–H groups in total. The van der Waals surface area contributed by atoms with E-state index in [1.165, 1.54) is 4.88 Å². The number of ether oxygens (including phenoxy) is 1. The molecule has 0 atom stereocenters. The molecule has 2 rings (SSSR count). The predicted molar refractivity (Wildman–Crippen MR) is 75.4 cm³/mol. The molecule has 0 saturated carbocycles. The summed E-state index contributed by atoms with van der Waals surface area (Å²) in [5.41, 5.74) is 0. The van der Waals surface area contributed by atoms with Crippen LogP contribution < -0.4 is 10.1 Å². The van der Waals surface area contributed by atoms with Crippen molar-refractivity contribution in [3.8, 4) is 5.88 Å². The molecule has 0 saturated heterocycles. The predicted octanol–water partition coefficient (Wildman–Crippen LogP) is 2.77. The monoisotopic (exact) mass is 265 g/mol. The number of rotatable bonds is 6. The van der Waals surface area contributed by atoms with Gasteiger partial charge in [-0.05, 0) is 26.0 Å². The van der Waals surface area contributed by atoms with Crippen molar-refractivity contribution >= 4 is 21.6 Å². The van der Waals surface area contributed by atoms with Crippen molar-refractivity contribution in [1.29, 1.82) is 0 Å². The number of aryl methyl sites for hydroxylation is 1. The quantitative estimate of drug-likeness (QED) is 0.816. The first-order chi connectivity index (χ1) is 8.66. The number of nitrogens with one attached hydrogen (secondary N) is 1.